The summed E-state index contributed by atoms with van der Waals surface area (Å²) in [5, 5.41) is 0.0363. The van der Waals surface area contributed by atoms with Crippen molar-refractivity contribution in [3.8, 4) is 17.2 Å². The zero-order valence-corrected chi connectivity index (χ0v) is 25.9. The molecule has 0 N–H and O–H groups in total. The summed E-state index contributed by atoms with van der Waals surface area (Å²) in [5.74, 6) is 4.08. The van der Waals surface area contributed by atoms with E-state index in [1.807, 2.05) is 108 Å². The summed E-state index contributed by atoms with van der Waals surface area (Å²) >= 11 is 3.73. The number of hydrogen-bond acceptors (Lipinski definition) is 8. The Morgan fingerprint density at radius 1 is 0.628 bits per heavy atom. The summed E-state index contributed by atoms with van der Waals surface area (Å²) in [6.07, 6.45) is -1.39. The maximum Gasteiger partial charge on any atom is 0.213 e. The van der Waals surface area contributed by atoms with Gasteiger partial charge < -0.3 is 28.4 Å². The van der Waals surface area contributed by atoms with Crippen LogP contribution in [-0.4, -0.2) is 49.8 Å². The standard InChI is InChI=1S/C35H36O6S2/c1-36-27-17-13-24(14-18-27)22-42-32-31-30(21-38-34(41-31)26-9-5-3-6-10-26)40-35(39-29-11-7-4-8-12-29)33(32)43-23-25-15-19-28(37-2)20-16-25/h3-20,30-35H,21-23H2,1-2H3/t30-,31-,32+,33+,34?,35+/m1/s1. The summed E-state index contributed by atoms with van der Waals surface area (Å²) in [6.45, 7) is 0.425. The van der Waals surface area contributed by atoms with Crippen molar-refractivity contribution in [1.29, 1.82) is 0 Å². The molecule has 0 aliphatic carbocycles. The van der Waals surface area contributed by atoms with Crippen molar-refractivity contribution >= 4 is 23.5 Å². The summed E-state index contributed by atoms with van der Waals surface area (Å²) in [4.78, 5) is 0. The molecule has 0 spiro atoms. The van der Waals surface area contributed by atoms with Gasteiger partial charge in [-0.05, 0) is 47.5 Å². The smallest absolute Gasteiger partial charge is 0.213 e. The van der Waals surface area contributed by atoms with Crippen molar-refractivity contribution in [1.82, 2.24) is 0 Å². The van der Waals surface area contributed by atoms with E-state index in [4.69, 9.17) is 28.4 Å². The Bertz CT molecular complexity index is 1400. The summed E-state index contributed by atoms with van der Waals surface area (Å²) in [7, 11) is 3.38. The third-order valence-electron chi connectivity index (χ3n) is 7.55. The molecular weight excluding hydrogens is 581 g/mol. The molecule has 6 atom stereocenters. The first-order valence-electron chi connectivity index (χ1n) is 14.4. The minimum absolute atomic E-state index is 0.0265. The van der Waals surface area contributed by atoms with Gasteiger partial charge in [-0.1, -0.05) is 72.8 Å². The van der Waals surface area contributed by atoms with Crippen LogP contribution in [0.4, 0.5) is 0 Å². The van der Waals surface area contributed by atoms with Crippen LogP contribution in [0.1, 0.15) is 23.0 Å². The third kappa shape index (κ3) is 7.51. The molecule has 43 heavy (non-hydrogen) atoms. The number of ether oxygens (including phenoxy) is 6. The molecule has 4 aromatic carbocycles. The number of rotatable bonds is 11. The normalized spacial score (nSPS) is 25.0. The van der Waals surface area contributed by atoms with E-state index in [9.17, 15) is 0 Å². The van der Waals surface area contributed by atoms with Gasteiger partial charge in [-0.15, -0.1) is 23.5 Å². The highest BCUT2D eigenvalue weighted by molar-refractivity contribution is 8.03. The molecule has 1 unspecified atom stereocenters. The molecule has 0 amide bonds. The topological polar surface area (TPSA) is 55.4 Å². The van der Waals surface area contributed by atoms with Crippen molar-refractivity contribution in [2.45, 2.75) is 46.8 Å². The Morgan fingerprint density at radius 3 is 1.77 bits per heavy atom. The van der Waals surface area contributed by atoms with Crippen LogP contribution in [0, 0.1) is 0 Å². The second-order valence-electron chi connectivity index (χ2n) is 10.4. The third-order valence-corrected chi connectivity index (χ3v) is 10.6. The molecule has 2 aliphatic rings. The summed E-state index contributed by atoms with van der Waals surface area (Å²) < 4.78 is 37.0. The molecule has 224 valence electrons. The minimum Gasteiger partial charge on any atom is -0.497 e. The van der Waals surface area contributed by atoms with E-state index < -0.39 is 12.6 Å². The van der Waals surface area contributed by atoms with E-state index in [2.05, 4.69) is 24.3 Å². The van der Waals surface area contributed by atoms with Gasteiger partial charge in [0.05, 0.1) is 31.3 Å². The predicted octanol–water partition coefficient (Wildman–Crippen LogP) is 7.53. The van der Waals surface area contributed by atoms with Crippen LogP contribution >= 0.6 is 23.5 Å². The maximum absolute atomic E-state index is 6.75. The van der Waals surface area contributed by atoms with Crippen LogP contribution in [0.2, 0.25) is 0 Å². The minimum atomic E-state index is -0.485. The van der Waals surface area contributed by atoms with Gasteiger partial charge in [0.15, 0.2) is 6.29 Å². The highest BCUT2D eigenvalue weighted by Crippen LogP contribution is 2.45. The Balaban J connectivity index is 1.29. The molecular formula is C35H36O6S2. The lowest BCUT2D eigenvalue weighted by atomic mass is 10.0. The Labute approximate surface area is 262 Å². The average Bonchev–Trinajstić information content (AvgIpc) is 3.07. The van der Waals surface area contributed by atoms with Crippen LogP contribution in [-0.2, 0) is 25.7 Å². The van der Waals surface area contributed by atoms with Crippen LogP contribution in [0.5, 0.6) is 17.2 Å². The quantitative estimate of drug-likeness (QED) is 0.172. The van der Waals surface area contributed by atoms with Crippen molar-refractivity contribution in [2.75, 3.05) is 20.8 Å². The van der Waals surface area contributed by atoms with Gasteiger partial charge in [0.1, 0.15) is 29.5 Å². The van der Waals surface area contributed by atoms with E-state index in [0.29, 0.717) is 6.61 Å². The lowest BCUT2D eigenvalue weighted by Crippen LogP contribution is -2.61. The molecule has 8 heteroatoms. The van der Waals surface area contributed by atoms with Crippen molar-refractivity contribution in [3.63, 3.8) is 0 Å². The predicted molar refractivity (Wildman–Crippen MR) is 172 cm³/mol. The zero-order chi connectivity index (χ0) is 29.4. The molecule has 6 rings (SSSR count). The number of fused-ring (bicyclic) bond motifs is 1. The molecule has 2 fully saturated rings. The number of para-hydroxylation sites is 1. The number of hydrogen-bond donors (Lipinski definition) is 0. The molecule has 6 nitrogen and oxygen atoms in total. The van der Waals surface area contributed by atoms with Gasteiger partial charge in [-0.3, -0.25) is 0 Å². The number of methoxy groups -OCH3 is 2. The molecule has 2 aliphatic heterocycles. The maximum atomic E-state index is 6.75. The fraction of sp³-hybridized carbons (Fsp3) is 0.314. The Kier molecular flexibility index (Phi) is 10.1. The molecule has 0 aromatic heterocycles. The molecule has 2 saturated heterocycles. The number of thioether (sulfide) groups is 2. The van der Waals surface area contributed by atoms with Crippen LogP contribution < -0.4 is 14.2 Å². The SMILES string of the molecule is COc1ccc(CS[C@@H]2[C@@H](Oc3ccccc3)O[C@@H]3COC(c4ccccc4)O[C@H]3[C@@H]2SCc2ccc(OC)cc2)cc1. The van der Waals surface area contributed by atoms with E-state index in [0.717, 1.165) is 34.3 Å². The highest BCUT2D eigenvalue weighted by atomic mass is 32.2. The van der Waals surface area contributed by atoms with Gasteiger partial charge in [-0.25, -0.2) is 0 Å². The molecule has 0 bridgehead atoms. The van der Waals surface area contributed by atoms with Crippen molar-refractivity contribution < 1.29 is 28.4 Å². The lowest BCUT2D eigenvalue weighted by Gasteiger charge is -2.49. The molecule has 2 heterocycles. The van der Waals surface area contributed by atoms with E-state index >= 15 is 0 Å². The second-order valence-corrected chi connectivity index (χ2v) is 12.7. The lowest BCUT2D eigenvalue weighted by molar-refractivity contribution is -0.301. The van der Waals surface area contributed by atoms with E-state index in [1.165, 1.54) is 11.1 Å². The first kappa shape index (κ1) is 29.9. The Hall–Kier alpha value is -3.14. The largest absolute Gasteiger partial charge is 0.497 e. The van der Waals surface area contributed by atoms with Crippen molar-refractivity contribution in [3.05, 3.63) is 126 Å². The number of benzene rings is 4. The fourth-order valence-electron chi connectivity index (χ4n) is 5.25. The van der Waals surface area contributed by atoms with Gasteiger partial charge >= 0.3 is 0 Å². The van der Waals surface area contributed by atoms with Gasteiger partial charge in [-0.2, -0.15) is 0 Å². The zero-order valence-electron chi connectivity index (χ0n) is 24.2. The highest BCUT2D eigenvalue weighted by Gasteiger charge is 2.51. The first-order valence-corrected chi connectivity index (χ1v) is 16.5. The Morgan fingerprint density at radius 2 is 1.19 bits per heavy atom. The van der Waals surface area contributed by atoms with Crippen LogP contribution in [0.25, 0.3) is 0 Å². The van der Waals surface area contributed by atoms with E-state index in [1.54, 1.807) is 14.2 Å². The molecule has 4 aromatic rings. The first-order chi connectivity index (χ1) is 21.2. The van der Waals surface area contributed by atoms with Gasteiger partial charge in [0.2, 0.25) is 6.29 Å². The van der Waals surface area contributed by atoms with Crippen molar-refractivity contribution in [2.24, 2.45) is 0 Å². The van der Waals surface area contributed by atoms with E-state index in [-0.39, 0.29) is 22.7 Å². The second kappa shape index (κ2) is 14.6. The van der Waals surface area contributed by atoms with Crippen LogP contribution in [0.3, 0.4) is 0 Å². The average molecular weight is 617 g/mol. The monoisotopic (exact) mass is 616 g/mol. The van der Waals surface area contributed by atoms with Gasteiger partial charge in [0, 0.05) is 17.1 Å². The summed E-state index contributed by atoms with van der Waals surface area (Å²) in [5.41, 5.74) is 3.44. The summed E-state index contributed by atoms with van der Waals surface area (Å²) in [6, 6.07) is 36.5. The van der Waals surface area contributed by atoms with Gasteiger partial charge in [0.25, 0.3) is 0 Å². The fourth-order valence-corrected chi connectivity index (χ4v) is 8.24. The molecule has 0 saturated carbocycles. The molecule has 0 radical (unpaired) electrons. The van der Waals surface area contributed by atoms with Crippen LogP contribution in [0.15, 0.2) is 109 Å².